The third-order valence-corrected chi connectivity index (χ3v) is 3.18. The predicted octanol–water partition coefficient (Wildman–Crippen LogP) is 1.74. The van der Waals surface area contributed by atoms with Crippen LogP contribution in [-0.2, 0) is 31.1 Å². The SMILES string of the molecule is CCc1cc(CC(=O)Cc2ccc(OC)nc2)n(C)n1. The van der Waals surface area contributed by atoms with Gasteiger partial charge in [-0.15, -0.1) is 0 Å². The van der Waals surface area contributed by atoms with E-state index in [0.29, 0.717) is 18.7 Å². The minimum absolute atomic E-state index is 0.155. The van der Waals surface area contributed by atoms with Gasteiger partial charge in [0, 0.05) is 37.8 Å². The maximum absolute atomic E-state index is 12.1. The highest BCUT2D eigenvalue weighted by Gasteiger charge is 2.10. The number of carbonyl (C=O) groups is 1. The van der Waals surface area contributed by atoms with Crippen molar-refractivity contribution in [2.75, 3.05) is 7.11 Å². The fourth-order valence-electron chi connectivity index (χ4n) is 2.04. The normalized spacial score (nSPS) is 10.6. The second-order valence-electron chi connectivity index (χ2n) is 4.71. The molecule has 0 unspecified atom stereocenters. The van der Waals surface area contributed by atoms with Crippen LogP contribution in [0.4, 0.5) is 0 Å². The lowest BCUT2D eigenvalue weighted by Gasteiger charge is -2.03. The van der Waals surface area contributed by atoms with Crippen LogP contribution in [0.1, 0.15) is 23.9 Å². The third-order valence-electron chi connectivity index (χ3n) is 3.18. The number of ketones is 1. The summed E-state index contributed by atoms with van der Waals surface area (Å²) in [6.45, 7) is 2.05. The van der Waals surface area contributed by atoms with Gasteiger partial charge >= 0.3 is 0 Å². The van der Waals surface area contributed by atoms with Crippen molar-refractivity contribution in [3.05, 3.63) is 41.3 Å². The molecule has 5 heteroatoms. The highest BCUT2D eigenvalue weighted by Crippen LogP contribution is 2.10. The van der Waals surface area contributed by atoms with Crippen molar-refractivity contribution in [1.82, 2.24) is 14.8 Å². The van der Waals surface area contributed by atoms with Crippen LogP contribution < -0.4 is 4.74 Å². The van der Waals surface area contributed by atoms with Gasteiger partial charge in [0.2, 0.25) is 5.88 Å². The average molecular weight is 273 g/mol. The fraction of sp³-hybridized carbons (Fsp3) is 0.400. The van der Waals surface area contributed by atoms with Gasteiger partial charge in [-0.25, -0.2) is 4.98 Å². The van der Waals surface area contributed by atoms with Gasteiger partial charge in [0.05, 0.1) is 12.8 Å². The number of ether oxygens (including phenoxy) is 1. The molecule has 5 nitrogen and oxygen atoms in total. The molecule has 2 aromatic rings. The molecule has 2 rings (SSSR count). The Balaban J connectivity index is 1.99. The van der Waals surface area contributed by atoms with Gasteiger partial charge in [-0.1, -0.05) is 13.0 Å². The zero-order chi connectivity index (χ0) is 14.5. The second-order valence-corrected chi connectivity index (χ2v) is 4.71. The third kappa shape index (κ3) is 3.44. The van der Waals surface area contributed by atoms with Crippen LogP contribution in [0.15, 0.2) is 24.4 Å². The number of Topliss-reactive ketones (excluding diaryl/α,β-unsaturated/α-hetero) is 1. The molecule has 2 heterocycles. The van der Waals surface area contributed by atoms with Crippen molar-refractivity contribution in [2.24, 2.45) is 7.05 Å². The number of aryl methyl sites for hydroxylation is 2. The Hall–Kier alpha value is -2.17. The fourth-order valence-corrected chi connectivity index (χ4v) is 2.04. The molecule has 0 bridgehead atoms. The van der Waals surface area contributed by atoms with E-state index in [1.54, 1.807) is 24.1 Å². The van der Waals surface area contributed by atoms with E-state index in [9.17, 15) is 4.79 Å². The van der Waals surface area contributed by atoms with Gasteiger partial charge < -0.3 is 4.74 Å². The van der Waals surface area contributed by atoms with E-state index in [0.717, 1.165) is 23.4 Å². The number of carbonyl (C=O) groups excluding carboxylic acids is 1. The number of hydrogen-bond donors (Lipinski definition) is 0. The van der Waals surface area contributed by atoms with Gasteiger partial charge in [-0.2, -0.15) is 5.10 Å². The summed E-state index contributed by atoms with van der Waals surface area (Å²) in [5.74, 6) is 0.711. The van der Waals surface area contributed by atoms with Crippen molar-refractivity contribution in [3.63, 3.8) is 0 Å². The lowest BCUT2D eigenvalue weighted by atomic mass is 10.1. The molecule has 20 heavy (non-hydrogen) atoms. The smallest absolute Gasteiger partial charge is 0.212 e. The van der Waals surface area contributed by atoms with Crippen LogP contribution in [0.3, 0.4) is 0 Å². The standard InChI is InChI=1S/C15H19N3O2/c1-4-12-8-13(18(2)17-12)9-14(19)7-11-5-6-15(20-3)16-10-11/h5-6,8,10H,4,7,9H2,1-3H3. The van der Waals surface area contributed by atoms with Crippen LogP contribution in [-0.4, -0.2) is 27.7 Å². The highest BCUT2D eigenvalue weighted by atomic mass is 16.5. The number of hydrogen-bond acceptors (Lipinski definition) is 4. The highest BCUT2D eigenvalue weighted by molar-refractivity contribution is 5.82. The number of pyridine rings is 1. The molecule has 0 atom stereocenters. The number of methoxy groups -OCH3 is 1. The summed E-state index contributed by atoms with van der Waals surface area (Å²) in [6.07, 6.45) is 3.33. The number of rotatable bonds is 6. The predicted molar refractivity (Wildman–Crippen MR) is 75.8 cm³/mol. The molecule has 0 saturated heterocycles. The van der Waals surface area contributed by atoms with Crippen LogP contribution in [0.25, 0.3) is 0 Å². The first kappa shape index (κ1) is 14.2. The molecule has 0 aliphatic heterocycles. The maximum atomic E-state index is 12.1. The molecule has 2 aromatic heterocycles. The van der Waals surface area contributed by atoms with E-state index in [2.05, 4.69) is 17.0 Å². The average Bonchev–Trinajstić information content (AvgIpc) is 2.80. The first-order chi connectivity index (χ1) is 9.62. The van der Waals surface area contributed by atoms with Crippen molar-refractivity contribution < 1.29 is 9.53 Å². The van der Waals surface area contributed by atoms with Crippen LogP contribution >= 0.6 is 0 Å². The maximum Gasteiger partial charge on any atom is 0.212 e. The van der Waals surface area contributed by atoms with Gasteiger partial charge in [-0.3, -0.25) is 9.48 Å². The van der Waals surface area contributed by atoms with Crippen LogP contribution in [0.5, 0.6) is 5.88 Å². The molecule has 0 aliphatic carbocycles. The van der Waals surface area contributed by atoms with E-state index in [-0.39, 0.29) is 5.78 Å². The lowest BCUT2D eigenvalue weighted by Crippen LogP contribution is -2.10. The monoisotopic (exact) mass is 273 g/mol. The molecule has 0 radical (unpaired) electrons. The minimum Gasteiger partial charge on any atom is -0.481 e. The van der Waals surface area contributed by atoms with Gasteiger partial charge in [0.1, 0.15) is 5.78 Å². The van der Waals surface area contributed by atoms with Crippen molar-refractivity contribution in [2.45, 2.75) is 26.2 Å². The lowest BCUT2D eigenvalue weighted by molar-refractivity contribution is -0.117. The largest absolute Gasteiger partial charge is 0.481 e. The zero-order valence-electron chi connectivity index (χ0n) is 12.1. The number of aromatic nitrogens is 3. The molecular formula is C15H19N3O2. The first-order valence-corrected chi connectivity index (χ1v) is 6.64. The summed E-state index contributed by atoms with van der Waals surface area (Å²) in [6, 6.07) is 5.62. The molecule has 0 N–H and O–H groups in total. The summed E-state index contributed by atoms with van der Waals surface area (Å²) in [7, 11) is 3.44. The molecule has 0 saturated carbocycles. The quantitative estimate of drug-likeness (QED) is 0.804. The Bertz CT molecular complexity index is 588. The van der Waals surface area contributed by atoms with Gasteiger partial charge in [0.15, 0.2) is 0 Å². The first-order valence-electron chi connectivity index (χ1n) is 6.64. The Morgan fingerprint density at radius 1 is 1.35 bits per heavy atom. The topological polar surface area (TPSA) is 57.0 Å². The van der Waals surface area contributed by atoms with Crippen LogP contribution in [0, 0.1) is 0 Å². The van der Waals surface area contributed by atoms with E-state index in [1.165, 1.54) is 0 Å². The Kier molecular flexibility index (Phi) is 4.50. The summed E-state index contributed by atoms with van der Waals surface area (Å²) < 4.78 is 6.77. The number of nitrogens with zero attached hydrogens (tertiary/aromatic N) is 3. The summed E-state index contributed by atoms with van der Waals surface area (Å²) in [4.78, 5) is 16.2. The Morgan fingerprint density at radius 2 is 2.15 bits per heavy atom. The van der Waals surface area contributed by atoms with Gasteiger partial charge in [0.25, 0.3) is 0 Å². The zero-order valence-corrected chi connectivity index (χ0v) is 12.1. The van der Waals surface area contributed by atoms with E-state index < -0.39 is 0 Å². The Morgan fingerprint density at radius 3 is 2.70 bits per heavy atom. The molecule has 0 aromatic carbocycles. The van der Waals surface area contributed by atoms with Gasteiger partial charge in [-0.05, 0) is 18.1 Å². The molecule has 0 amide bonds. The second kappa shape index (κ2) is 6.32. The summed E-state index contributed by atoms with van der Waals surface area (Å²) >= 11 is 0. The Labute approximate surface area is 118 Å². The van der Waals surface area contributed by atoms with E-state index >= 15 is 0 Å². The van der Waals surface area contributed by atoms with Crippen molar-refractivity contribution in [3.8, 4) is 5.88 Å². The van der Waals surface area contributed by atoms with Crippen molar-refractivity contribution in [1.29, 1.82) is 0 Å². The van der Waals surface area contributed by atoms with E-state index in [1.807, 2.05) is 19.2 Å². The van der Waals surface area contributed by atoms with Crippen LogP contribution in [0.2, 0.25) is 0 Å². The van der Waals surface area contributed by atoms with E-state index in [4.69, 9.17) is 4.74 Å². The molecule has 0 spiro atoms. The van der Waals surface area contributed by atoms with Crippen molar-refractivity contribution >= 4 is 5.78 Å². The minimum atomic E-state index is 0.155. The molecule has 0 aliphatic rings. The molecular weight excluding hydrogens is 254 g/mol. The molecule has 0 fully saturated rings. The summed E-state index contributed by atoms with van der Waals surface area (Å²) in [5.41, 5.74) is 2.86. The molecule has 106 valence electrons. The summed E-state index contributed by atoms with van der Waals surface area (Å²) in [5, 5.41) is 4.35.